The number of rotatable bonds is 0. The van der Waals surface area contributed by atoms with Gasteiger partial charge in [0.1, 0.15) is 0 Å². The van der Waals surface area contributed by atoms with Crippen molar-refractivity contribution in [3.05, 3.63) is 0 Å². The third-order valence-corrected chi connectivity index (χ3v) is 0. The third kappa shape index (κ3) is 144. The van der Waals surface area contributed by atoms with Crippen LogP contribution in [0.15, 0.2) is 0 Å². The Balaban J connectivity index is -0.0000000750. The van der Waals surface area contributed by atoms with Gasteiger partial charge in [-0.05, 0) is 0 Å². The molecule has 0 bridgehead atoms. The molecule has 0 saturated carbocycles. The van der Waals surface area contributed by atoms with Crippen molar-refractivity contribution in [1.82, 2.24) is 0 Å². The molecule has 0 saturated heterocycles. The Morgan fingerprint density at radius 3 is 1.25 bits per heavy atom. The smallest absolute Gasteiger partial charge is 0 e. The van der Waals surface area contributed by atoms with Crippen LogP contribution in [0.3, 0.4) is 0 Å². The second-order valence-corrected chi connectivity index (χ2v) is 1.34. The third-order valence-electron chi connectivity index (χ3n) is 0. The van der Waals surface area contributed by atoms with E-state index in [1.165, 1.54) is 0 Å². The molecule has 0 aromatic heterocycles. The van der Waals surface area contributed by atoms with Gasteiger partial charge in [-0.1, -0.05) is 0 Å². The Kier molecular flexibility index (Phi) is 17.2. The van der Waals surface area contributed by atoms with E-state index in [2.05, 4.69) is 9.69 Å². The van der Waals surface area contributed by atoms with Crippen LogP contribution >= 0.6 is 9.69 Å². The van der Waals surface area contributed by atoms with E-state index < -0.39 is 10.4 Å². The van der Waals surface area contributed by atoms with Crippen LogP contribution < -0.4 is 0 Å². The molecule has 0 atom stereocenters. The molecule has 0 aliphatic carbocycles. The summed E-state index contributed by atoms with van der Waals surface area (Å²) in [6.45, 7) is 0. The van der Waals surface area contributed by atoms with E-state index in [9.17, 15) is 0 Å². The van der Waals surface area contributed by atoms with Gasteiger partial charge in [0.25, 0.3) is 0 Å². The molecular weight excluding hydrogens is 430 g/mol. The van der Waals surface area contributed by atoms with Crippen molar-refractivity contribution in [2.24, 2.45) is 0 Å². The maximum Gasteiger partial charge on any atom is 0 e. The van der Waals surface area contributed by atoms with Gasteiger partial charge in [0.05, 0.1) is 0 Å². The molecule has 0 heterocycles. The molecule has 8 heteroatoms. The van der Waals surface area contributed by atoms with E-state index in [1.807, 2.05) is 17.3 Å². The van der Waals surface area contributed by atoms with Crippen molar-refractivity contribution in [3.63, 3.8) is 0 Å². The molecule has 0 radical (unpaired) electrons. The van der Waals surface area contributed by atoms with Crippen molar-refractivity contribution in [1.29, 1.82) is 0 Å². The zero-order valence-electron chi connectivity index (χ0n) is 3.15. The van der Waals surface area contributed by atoms with Crippen molar-refractivity contribution in [2.75, 3.05) is 0 Å². The van der Waals surface area contributed by atoms with Gasteiger partial charge in [-0.15, -0.1) is 0 Å². The zero-order valence-corrected chi connectivity index (χ0v) is 8.63. The van der Waals surface area contributed by atoms with Gasteiger partial charge in [0.2, 0.25) is 0 Å². The van der Waals surface area contributed by atoms with Gasteiger partial charge < -0.3 is 0 Å². The van der Waals surface area contributed by atoms with E-state index in [4.69, 9.17) is 17.5 Å². The van der Waals surface area contributed by atoms with Gasteiger partial charge in [0.15, 0.2) is 0 Å². The van der Waals surface area contributed by atoms with Crippen LogP contribution in [-0.2, 0) is 48.8 Å². The molecule has 0 aliphatic rings. The Morgan fingerprint density at radius 2 is 1.25 bits per heavy atom. The van der Waals surface area contributed by atoms with Crippen molar-refractivity contribution >= 4 is 20.1 Å². The fraction of sp³-hybridized carbons (Fsp3) is 0. The van der Waals surface area contributed by atoms with Gasteiger partial charge in [-0.2, -0.15) is 8.42 Å². The van der Waals surface area contributed by atoms with E-state index >= 15 is 0 Å². The first-order chi connectivity index (χ1) is 3.00. The molecule has 8 heavy (non-hydrogen) atoms. The van der Waals surface area contributed by atoms with Gasteiger partial charge in [-0.25, -0.2) is 0 Å². The van der Waals surface area contributed by atoms with Crippen LogP contribution in [0.5, 0.6) is 0 Å². The molecule has 2 N–H and O–H groups in total. The normalized spacial score (nSPS) is 8.12. The Morgan fingerprint density at radius 1 is 1.25 bits per heavy atom. The summed E-state index contributed by atoms with van der Waals surface area (Å²) < 4.78 is 31.6. The second-order valence-electron chi connectivity index (χ2n) is 0.448. The molecule has 0 aromatic rings. The number of hydrogen-bond donors (Lipinski definition) is 2. The Hall–Kier alpha value is 1.47. The molecule has 0 spiro atoms. The van der Waals surface area contributed by atoms with Gasteiger partial charge in [-0.3, -0.25) is 9.11 Å². The molecule has 4 nitrogen and oxygen atoms in total. The molecule has 58 valence electrons. The first-order valence-electron chi connectivity index (χ1n) is 0.824. The van der Waals surface area contributed by atoms with Crippen molar-refractivity contribution in [3.8, 4) is 0 Å². The maximum absolute atomic E-state index is 8.74. The predicted octanol–water partition coefficient (Wildman–Crippen LogP) is 0.0317. The fourth-order valence-electron chi connectivity index (χ4n) is 0. The fourth-order valence-corrected chi connectivity index (χ4v) is 0. The summed E-state index contributed by atoms with van der Waals surface area (Å²) in [7, 11) is -0.138. The topological polar surface area (TPSA) is 74.6 Å². The monoisotopic (exact) mass is 431 g/mol. The summed E-state index contributed by atoms with van der Waals surface area (Å²) in [4.78, 5) is 0. The molecule has 0 amide bonds. The molecule has 0 fully saturated rings. The summed E-state index contributed by atoms with van der Waals surface area (Å²) in [6.07, 6.45) is 0. The molecular formula is H2ClO4PtRhS. The SMILES string of the molecule is O=S(=O)(O)O.[Cl][Rh].[Pt]. The molecule has 0 aromatic carbocycles. The van der Waals surface area contributed by atoms with Crippen LogP contribution in [0.4, 0.5) is 0 Å². The number of halogens is 1. The molecule has 0 unspecified atom stereocenters. The minimum atomic E-state index is -4.67. The first kappa shape index (κ1) is 16.2. The average molecular weight is 432 g/mol. The zero-order chi connectivity index (χ0) is 6.50. The quantitative estimate of drug-likeness (QED) is 0.419. The van der Waals surface area contributed by atoms with Crippen LogP contribution in [0, 0.1) is 0 Å². The Bertz CT molecular complexity index is 99.2. The van der Waals surface area contributed by atoms with Gasteiger partial charge >= 0.3 is 37.4 Å². The maximum atomic E-state index is 8.74. The van der Waals surface area contributed by atoms with Crippen LogP contribution in [0.25, 0.3) is 0 Å². The minimum Gasteiger partial charge on any atom is 0 e. The summed E-state index contributed by atoms with van der Waals surface area (Å²) in [5.74, 6) is 0. The predicted molar refractivity (Wildman–Crippen MR) is 20.0 cm³/mol. The van der Waals surface area contributed by atoms with Crippen molar-refractivity contribution < 1.29 is 55.9 Å². The largest absolute Gasteiger partial charge is 0 e. The summed E-state index contributed by atoms with van der Waals surface area (Å²) in [5, 5.41) is 0. The van der Waals surface area contributed by atoms with E-state index in [0.717, 1.165) is 0 Å². The average Bonchev–Trinajstić information content (AvgIpc) is 1.36. The minimum absolute atomic E-state index is 0. The van der Waals surface area contributed by atoms with Crippen molar-refractivity contribution in [2.45, 2.75) is 0 Å². The summed E-state index contributed by atoms with van der Waals surface area (Å²) in [6, 6.07) is 0. The Labute approximate surface area is 75.5 Å². The van der Waals surface area contributed by atoms with Gasteiger partial charge in [0, 0.05) is 21.1 Å². The summed E-state index contributed by atoms with van der Waals surface area (Å²) in [5.41, 5.74) is 0. The van der Waals surface area contributed by atoms with E-state index in [1.54, 1.807) is 0 Å². The first-order valence-corrected chi connectivity index (χ1v) is 4.33. The molecule has 0 aliphatic heterocycles. The number of hydrogen-bond acceptors (Lipinski definition) is 2. The second kappa shape index (κ2) is 8.47. The van der Waals surface area contributed by atoms with Crippen LogP contribution in [-0.4, -0.2) is 17.5 Å². The van der Waals surface area contributed by atoms with Crippen LogP contribution in [0.2, 0.25) is 0 Å². The standard InChI is InChI=1S/ClH.H2O4S.Pt.Rh/c;1-5(2,3)4;;/h1H;(H2,1,2,3,4);;/q;;;+1/p-1. The van der Waals surface area contributed by atoms with E-state index in [0.29, 0.717) is 0 Å². The molecule has 0 rings (SSSR count). The summed E-state index contributed by atoms with van der Waals surface area (Å²) >= 11 is 2.02. The van der Waals surface area contributed by atoms with E-state index in [-0.39, 0.29) is 21.1 Å². The van der Waals surface area contributed by atoms with Crippen LogP contribution in [0.1, 0.15) is 0 Å².